The van der Waals surface area contributed by atoms with Crippen LogP contribution in [0.25, 0.3) is 0 Å². The number of amides is 1. The zero-order chi connectivity index (χ0) is 18.1. The van der Waals surface area contributed by atoms with Crippen LogP contribution in [0.3, 0.4) is 0 Å². The first-order valence-electron chi connectivity index (χ1n) is 9.44. The van der Waals surface area contributed by atoms with Crippen molar-refractivity contribution in [2.75, 3.05) is 25.0 Å². The summed E-state index contributed by atoms with van der Waals surface area (Å²) in [6.45, 7) is 1.29. The molecule has 2 heterocycles. The second kappa shape index (κ2) is 7.05. The van der Waals surface area contributed by atoms with Gasteiger partial charge in [0, 0.05) is 30.7 Å². The maximum Gasteiger partial charge on any atom is 0.231 e. The number of nitrogens with zero attached hydrogens (tertiary/aromatic N) is 1. The first kappa shape index (κ1) is 17.6. The lowest BCUT2D eigenvalue weighted by atomic mass is 9.83. The lowest BCUT2D eigenvalue weighted by Crippen LogP contribution is -2.43. The molecule has 1 unspecified atom stereocenters. The van der Waals surface area contributed by atoms with Crippen molar-refractivity contribution in [1.29, 1.82) is 0 Å². The largest absolute Gasteiger partial charge is 0.387 e. The SMILES string of the molecule is CN1CCc2cc(C(O)CNC(=O)C3(c4cccs4)CCCC3)ccc21. The topological polar surface area (TPSA) is 52.6 Å². The fraction of sp³-hybridized carbons (Fsp3) is 0.476. The number of fused-ring (bicyclic) bond motifs is 1. The Morgan fingerprint density at radius 2 is 2.15 bits per heavy atom. The van der Waals surface area contributed by atoms with Crippen LogP contribution in [-0.2, 0) is 16.6 Å². The highest BCUT2D eigenvalue weighted by Crippen LogP contribution is 2.43. The van der Waals surface area contributed by atoms with Crippen molar-refractivity contribution >= 4 is 22.9 Å². The van der Waals surface area contributed by atoms with Crippen LogP contribution in [0.4, 0.5) is 5.69 Å². The van der Waals surface area contributed by atoms with Gasteiger partial charge in [0.1, 0.15) is 0 Å². The Balaban J connectivity index is 1.44. The average molecular weight is 371 g/mol. The van der Waals surface area contributed by atoms with Gasteiger partial charge in [-0.1, -0.05) is 31.0 Å². The molecular weight excluding hydrogens is 344 g/mol. The van der Waals surface area contributed by atoms with Crippen LogP contribution in [0.1, 0.15) is 47.8 Å². The Morgan fingerprint density at radius 1 is 1.35 bits per heavy atom. The van der Waals surface area contributed by atoms with E-state index in [9.17, 15) is 9.90 Å². The molecule has 1 atom stereocenters. The zero-order valence-electron chi connectivity index (χ0n) is 15.2. The molecule has 1 aromatic heterocycles. The van der Waals surface area contributed by atoms with E-state index in [1.165, 1.54) is 11.3 Å². The van der Waals surface area contributed by atoms with Crippen molar-refractivity contribution in [3.05, 3.63) is 51.7 Å². The lowest BCUT2D eigenvalue weighted by molar-refractivity contribution is -0.127. The highest BCUT2D eigenvalue weighted by molar-refractivity contribution is 7.10. The minimum Gasteiger partial charge on any atom is -0.387 e. The Kier molecular flexibility index (Phi) is 4.76. The van der Waals surface area contributed by atoms with Crippen molar-refractivity contribution in [2.45, 2.75) is 43.6 Å². The smallest absolute Gasteiger partial charge is 0.231 e. The second-order valence-electron chi connectivity index (χ2n) is 7.55. The molecule has 1 amide bonds. The molecule has 0 spiro atoms. The number of anilines is 1. The predicted octanol–water partition coefficient (Wildman–Crippen LogP) is 3.40. The molecule has 26 heavy (non-hydrogen) atoms. The zero-order valence-corrected chi connectivity index (χ0v) is 16.0. The number of nitrogens with one attached hydrogen (secondary N) is 1. The fourth-order valence-corrected chi connectivity index (χ4v) is 5.37. The van der Waals surface area contributed by atoms with Crippen molar-refractivity contribution in [1.82, 2.24) is 5.32 Å². The van der Waals surface area contributed by atoms with Gasteiger partial charge < -0.3 is 15.3 Å². The molecule has 4 nitrogen and oxygen atoms in total. The molecule has 1 aliphatic heterocycles. The van der Waals surface area contributed by atoms with Gasteiger partial charge in [0.05, 0.1) is 11.5 Å². The third-order valence-electron chi connectivity index (χ3n) is 5.96. The van der Waals surface area contributed by atoms with Gasteiger partial charge in [-0.15, -0.1) is 11.3 Å². The molecule has 0 saturated heterocycles. The summed E-state index contributed by atoms with van der Waals surface area (Å²) >= 11 is 1.66. The van der Waals surface area contributed by atoms with Gasteiger partial charge in [-0.2, -0.15) is 0 Å². The van der Waals surface area contributed by atoms with E-state index < -0.39 is 11.5 Å². The number of aliphatic hydroxyl groups is 1. The Hall–Kier alpha value is -1.85. The number of rotatable bonds is 5. The van der Waals surface area contributed by atoms with E-state index in [2.05, 4.69) is 35.5 Å². The standard InChI is InChI=1S/C21H26N2O2S/c1-23-11-8-15-13-16(6-7-17(15)23)18(24)14-22-20(25)21(9-2-3-10-21)19-5-4-12-26-19/h4-7,12-13,18,24H,2-3,8-11,14H2,1H3,(H,22,25). The Morgan fingerprint density at radius 3 is 2.88 bits per heavy atom. The minimum atomic E-state index is -0.669. The van der Waals surface area contributed by atoms with Gasteiger partial charge in [0.15, 0.2) is 0 Å². The molecule has 1 fully saturated rings. The van der Waals surface area contributed by atoms with E-state index in [1.807, 2.05) is 17.5 Å². The monoisotopic (exact) mass is 370 g/mol. The maximum atomic E-state index is 13.0. The number of hydrogen-bond donors (Lipinski definition) is 2. The molecule has 5 heteroatoms. The summed E-state index contributed by atoms with van der Waals surface area (Å²) in [7, 11) is 2.09. The molecule has 4 rings (SSSR count). The highest BCUT2D eigenvalue weighted by Gasteiger charge is 2.43. The van der Waals surface area contributed by atoms with Crippen molar-refractivity contribution in [2.24, 2.45) is 0 Å². The average Bonchev–Trinajstić information content (AvgIpc) is 3.40. The third-order valence-corrected chi connectivity index (χ3v) is 7.03. The number of carbonyl (C=O) groups excluding carboxylic acids is 1. The quantitative estimate of drug-likeness (QED) is 0.848. The maximum absolute atomic E-state index is 13.0. The summed E-state index contributed by atoms with van der Waals surface area (Å²) < 4.78 is 0. The number of carbonyl (C=O) groups is 1. The van der Waals surface area contributed by atoms with Crippen LogP contribution in [-0.4, -0.2) is 31.2 Å². The molecule has 1 aromatic carbocycles. The van der Waals surface area contributed by atoms with Gasteiger partial charge >= 0.3 is 0 Å². The molecule has 2 aromatic rings. The van der Waals surface area contributed by atoms with E-state index in [0.29, 0.717) is 0 Å². The lowest BCUT2D eigenvalue weighted by Gasteiger charge is -2.27. The van der Waals surface area contributed by atoms with Crippen LogP contribution in [0, 0.1) is 0 Å². The summed E-state index contributed by atoms with van der Waals surface area (Å²) in [6.07, 6.45) is 4.33. The van der Waals surface area contributed by atoms with Crippen molar-refractivity contribution in [3.8, 4) is 0 Å². The van der Waals surface area contributed by atoms with E-state index in [0.717, 1.165) is 49.1 Å². The summed E-state index contributed by atoms with van der Waals surface area (Å²) in [5, 5.41) is 15.7. The van der Waals surface area contributed by atoms with Crippen LogP contribution in [0.2, 0.25) is 0 Å². The first-order valence-corrected chi connectivity index (χ1v) is 10.3. The normalized spacial score (nSPS) is 19.4. The highest BCUT2D eigenvalue weighted by atomic mass is 32.1. The van der Waals surface area contributed by atoms with Gasteiger partial charge in [-0.3, -0.25) is 4.79 Å². The van der Waals surface area contributed by atoms with E-state index >= 15 is 0 Å². The summed E-state index contributed by atoms with van der Waals surface area (Å²) in [4.78, 5) is 16.4. The van der Waals surface area contributed by atoms with Crippen molar-refractivity contribution < 1.29 is 9.90 Å². The van der Waals surface area contributed by atoms with Gasteiger partial charge in [-0.05, 0) is 47.9 Å². The van der Waals surface area contributed by atoms with E-state index in [1.54, 1.807) is 11.3 Å². The molecule has 2 N–H and O–H groups in total. The molecule has 1 saturated carbocycles. The van der Waals surface area contributed by atoms with Crippen molar-refractivity contribution in [3.63, 3.8) is 0 Å². The summed E-state index contributed by atoms with van der Waals surface area (Å²) in [5.41, 5.74) is 3.01. The van der Waals surface area contributed by atoms with E-state index in [4.69, 9.17) is 0 Å². The molecular formula is C21H26N2O2S. The van der Waals surface area contributed by atoms with Gasteiger partial charge in [-0.25, -0.2) is 0 Å². The minimum absolute atomic E-state index is 0.0670. The summed E-state index contributed by atoms with van der Waals surface area (Å²) in [5.74, 6) is 0.0670. The molecule has 2 aliphatic rings. The number of benzene rings is 1. The molecule has 1 aliphatic carbocycles. The van der Waals surface area contributed by atoms with E-state index in [-0.39, 0.29) is 12.5 Å². The number of likely N-dealkylation sites (N-methyl/N-ethyl adjacent to an activating group) is 1. The Bertz CT molecular complexity index is 781. The molecule has 0 bridgehead atoms. The Labute approximate surface area is 158 Å². The third kappa shape index (κ3) is 3.03. The number of hydrogen-bond acceptors (Lipinski definition) is 4. The molecule has 138 valence electrons. The van der Waals surface area contributed by atoms with Gasteiger partial charge in [0.25, 0.3) is 0 Å². The number of thiophene rings is 1. The van der Waals surface area contributed by atoms with Gasteiger partial charge in [0.2, 0.25) is 5.91 Å². The summed E-state index contributed by atoms with van der Waals surface area (Å²) in [6, 6.07) is 10.2. The molecule has 0 radical (unpaired) electrons. The second-order valence-corrected chi connectivity index (χ2v) is 8.50. The van der Waals surface area contributed by atoms with Crippen LogP contribution >= 0.6 is 11.3 Å². The number of aliphatic hydroxyl groups excluding tert-OH is 1. The first-order chi connectivity index (χ1) is 12.6. The fourth-order valence-electron chi connectivity index (χ4n) is 4.39. The van der Waals surface area contributed by atoms with Crippen LogP contribution < -0.4 is 10.2 Å². The predicted molar refractivity (Wildman–Crippen MR) is 106 cm³/mol. The van der Waals surface area contributed by atoms with Crippen LogP contribution in [0.15, 0.2) is 35.7 Å². The van der Waals surface area contributed by atoms with Crippen LogP contribution in [0.5, 0.6) is 0 Å².